The van der Waals surface area contributed by atoms with Gasteiger partial charge in [0, 0.05) is 12.8 Å². The van der Waals surface area contributed by atoms with Crippen LogP contribution in [-0.2, 0) is 33.3 Å². The molecular weight excluding hydrogens is 1150 g/mol. The predicted molar refractivity (Wildman–Crippen MR) is 401 cm³/mol. The first kappa shape index (κ1) is 89.5. The van der Waals surface area contributed by atoms with Gasteiger partial charge >= 0.3 is 17.9 Å². The highest BCUT2D eigenvalue weighted by atomic mass is 16.7. The van der Waals surface area contributed by atoms with Gasteiger partial charge in [-0.05, 0) is 89.9 Å². The van der Waals surface area contributed by atoms with Crippen molar-refractivity contribution in [1.29, 1.82) is 0 Å². The Morgan fingerprint density at radius 1 is 0.333 bits per heavy atom. The normalized spacial score (nSPS) is 13.1. The third kappa shape index (κ3) is 75.7. The van der Waals surface area contributed by atoms with Crippen LogP contribution in [0.25, 0.3) is 0 Å². The number of rotatable bonds is 74. The highest BCUT2D eigenvalue weighted by Crippen LogP contribution is 2.19. The first-order chi connectivity index (χ1) is 45.6. The second-order valence-electron chi connectivity index (χ2n) is 28.0. The molecule has 0 aromatic carbocycles. The van der Waals surface area contributed by atoms with Crippen molar-refractivity contribution in [3.05, 3.63) is 85.1 Å². The van der Waals surface area contributed by atoms with E-state index in [4.69, 9.17) is 18.9 Å². The van der Waals surface area contributed by atoms with Crippen molar-refractivity contribution in [3.63, 3.8) is 0 Å². The van der Waals surface area contributed by atoms with Gasteiger partial charge in [-0.15, -0.1) is 0 Å². The molecule has 93 heavy (non-hydrogen) atoms. The van der Waals surface area contributed by atoms with Gasteiger partial charge in [0.2, 0.25) is 0 Å². The summed E-state index contributed by atoms with van der Waals surface area (Å²) in [4.78, 5) is 37.7. The molecule has 0 radical (unpaired) electrons. The molecule has 0 bridgehead atoms. The quantitative estimate of drug-likeness (QED) is 0.0211. The molecule has 0 aliphatic rings. The van der Waals surface area contributed by atoms with E-state index in [1.165, 1.54) is 270 Å². The van der Waals surface area contributed by atoms with Gasteiger partial charge < -0.3 is 28.5 Å². The molecule has 0 heterocycles. The molecule has 0 aliphatic heterocycles. The summed E-state index contributed by atoms with van der Waals surface area (Å²) >= 11 is 0. The highest BCUT2D eigenvalue weighted by molar-refractivity contribution is 5.71. The monoisotopic (exact) mass is 1300 g/mol. The van der Waals surface area contributed by atoms with Crippen LogP contribution in [0.3, 0.4) is 0 Å². The molecule has 9 nitrogen and oxygen atoms in total. The third-order valence-electron chi connectivity index (χ3n) is 17.6. The number of unbranched alkanes of at least 4 members (excludes halogenated alkanes) is 45. The van der Waals surface area contributed by atoms with Gasteiger partial charge in [0.25, 0.3) is 6.29 Å². The van der Waals surface area contributed by atoms with E-state index in [-0.39, 0.29) is 38.2 Å². The van der Waals surface area contributed by atoms with E-state index < -0.39 is 18.4 Å². The maximum atomic E-state index is 13.0. The van der Waals surface area contributed by atoms with Crippen LogP contribution >= 0.6 is 0 Å². The molecule has 0 aromatic rings. The lowest BCUT2D eigenvalue weighted by atomic mass is 10.0. The lowest BCUT2D eigenvalue weighted by Gasteiger charge is -2.25. The lowest BCUT2D eigenvalue weighted by molar-refractivity contribution is -0.870. The molecule has 9 heteroatoms. The van der Waals surface area contributed by atoms with E-state index in [2.05, 4.69) is 98.9 Å². The second kappa shape index (κ2) is 74.3. The van der Waals surface area contributed by atoms with Crippen LogP contribution in [-0.4, -0.2) is 87.4 Å². The van der Waals surface area contributed by atoms with E-state index in [0.29, 0.717) is 17.4 Å². The zero-order chi connectivity index (χ0) is 67.5. The van der Waals surface area contributed by atoms with Gasteiger partial charge in [-0.3, -0.25) is 9.59 Å². The largest absolute Gasteiger partial charge is 0.477 e. The van der Waals surface area contributed by atoms with Crippen molar-refractivity contribution in [2.45, 2.75) is 386 Å². The fourth-order valence-electron chi connectivity index (χ4n) is 11.6. The SMILES string of the molecule is CC/C=C\C/C=C\C/C=C\C/C=C\C/C=C\C/C=C\CCCCCCCCCCCCCCCCCCCCCCC(=O)OC(COC(=O)CCCCCCCCCCCCCCCCCCC/C=C\CCCCCCCCCC)COC(OCC[N+](C)(C)C)C(=O)O. The number of likely N-dealkylation sites (N-methyl/N-ethyl adjacent to an activating group) is 1. The minimum Gasteiger partial charge on any atom is -0.477 e. The Hall–Kier alpha value is -3.53. The van der Waals surface area contributed by atoms with Crippen LogP contribution in [0.4, 0.5) is 0 Å². The van der Waals surface area contributed by atoms with Gasteiger partial charge in [-0.2, -0.15) is 0 Å². The van der Waals surface area contributed by atoms with Crippen molar-refractivity contribution in [3.8, 4) is 0 Å². The number of hydrogen-bond donors (Lipinski definition) is 1. The number of carboxylic acid groups (broad SMARTS) is 1. The molecule has 2 unspecified atom stereocenters. The van der Waals surface area contributed by atoms with E-state index in [1.54, 1.807) is 0 Å². The Kier molecular flexibility index (Phi) is 71.4. The molecule has 540 valence electrons. The summed E-state index contributed by atoms with van der Waals surface area (Å²) in [6.07, 6.45) is 98.8. The summed E-state index contributed by atoms with van der Waals surface area (Å²) in [5, 5.41) is 9.77. The van der Waals surface area contributed by atoms with Crippen molar-refractivity contribution in [2.75, 3.05) is 47.5 Å². The second-order valence-corrected chi connectivity index (χ2v) is 28.0. The Bertz CT molecular complexity index is 1810. The van der Waals surface area contributed by atoms with Gasteiger partial charge in [-0.1, -0.05) is 356 Å². The van der Waals surface area contributed by atoms with E-state index in [0.717, 1.165) is 77.0 Å². The van der Waals surface area contributed by atoms with Crippen LogP contribution in [0.1, 0.15) is 373 Å². The standard InChI is InChI=1S/C84H151NO8/c1-6-8-10-12-14-16-18-20-22-24-26-28-30-32-34-36-37-38-39-40-41-42-43-44-45-47-49-51-53-55-57-59-61-63-65-67-69-71-73-75-82(87)93-80(79-92-84(83(88)89)90-77-76-85(3,4)5)78-91-81(86)74-72-70-68-66-64-62-60-58-56-54-52-50-48-46-35-33-31-29-27-25-23-21-19-17-15-13-11-9-7-2/h8,10,14,16,20,22,25-28,32,34,37-38,80,84H,6-7,9,11-13,15,17-19,21,23-24,29-31,33,35-36,39-79H2,1-5H3/p+1/b10-8-,16-14-,22-20-,27-25-,28-26-,34-32-,38-37-. The number of esters is 2. The zero-order valence-electron chi connectivity index (χ0n) is 61.9. The summed E-state index contributed by atoms with van der Waals surface area (Å²) in [6.45, 7) is 4.82. The van der Waals surface area contributed by atoms with Crippen LogP contribution in [0, 0.1) is 0 Å². The average Bonchev–Trinajstić information content (AvgIpc) is 3.38. The molecule has 0 fully saturated rings. The van der Waals surface area contributed by atoms with Gasteiger partial charge in [0.15, 0.2) is 6.10 Å². The average molecular weight is 1300 g/mol. The van der Waals surface area contributed by atoms with Crippen molar-refractivity contribution >= 4 is 17.9 Å². The van der Waals surface area contributed by atoms with E-state index in [9.17, 15) is 19.5 Å². The molecule has 0 aliphatic carbocycles. The molecule has 0 saturated heterocycles. The number of carboxylic acids is 1. The van der Waals surface area contributed by atoms with Crippen LogP contribution in [0.15, 0.2) is 85.1 Å². The van der Waals surface area contributed by atoms with Crippen molar-refractivity contribution < 1.29 is 42.9 Å². The van der Waals surface area contributed by atoms with Crippen molar-refractivity contribution in [1.82, 2.24) is 0 Å². The Labute approximate surface area is 576 Å². The van der Waals surface area contributed by atoms with Crippen LogP contribution in [0.2, 0.25) is 0 Å². The number of aliphatic carboxylic acids is 1. The number of quaternary nitrogens is 1. The van der Waals surface area contributed by atoms with Crippen LogP contribution in [0.5, 0.6) is 0 Å². The topological polar surface area (TPSA) is 108 Å². The minimum absolute atomic E-state index is 0.179. The minimum atomic E-state index is -1.51. The summed E-state index contributed by atoms with van der Waals surface area (Å²) in [5.41, 5.74) is 0. The fourth-order valence-corrected chi connectivity index (χ4v) is 11.6. The Morgan fingerprint density at radius 3 is 0.925 bits per heavy atom. The molecule has 0 rings (SSSR count). The van der Waals surface area contributed by atoms with E-state index in [1.807, 2.05) is 21.1 Å². The fraction of sp³-hybridized carbons (Fsp3) is 0.798. The zero-order valence-corrected chi connectivity index (χ0v) is 61.9. The number of ether oxygens (including phenoxy) is 4. The Balaban J connectivity index is 3.99. The molecule has 0 amide bonds. The maximum Gasteiger partial charge on any atom is 0.361 e. The molecule has 0 saturated carbocycles. The number of nitrogens with zero attached hydrogens (tertiary/aromatic N) is 1. The van der Waals surface area contributed by atoms with Gasteiger partial charge in [0.05, 0.1) is 34.4 Å². The summed E-state index contributed by atoms with van der Waals surface area (Å²) in [5.74, 6) is -1.98. The Morgan fingerprint density at radius 2 is 0.613 bits per heavy atom. The van der Waals surface area contributed by atoms with E-state index >= 15 is 0 Å². The lowest BCUT2D eigenvalue weighted by Crippen LogP contribution is -2.40. The van der Waals surface area contributed by atoms with Crippen molar-refractivity contribution in [2.24, 2.45) is 0 Å². The molecular formula is C84H152NO8+. The smallest absolute Gasteiger partial charge is 0.361 e. The highest BCUT2D eigenvalue weighted by Gasteiger charge is 2.25. The summed E-state index contributed by atoms with van der Waals surface area (Å²) < 4.78 is 23.1. The molecule has 2 atom stereocenters. The number of allylic oxidation sites excluding steroid dienone is 14. The summed E-state index contributed by atoms with van der Waals surface area (Å²) in [7, 11) is 5.99. The van der Waals surface area contributed by atoms with Gasteiger partial charge in [-0.25, -0.2) is 4.79 Å². The number of hydrogen-bond acceptors (Lipinski definition) is 7. The van der Waals surface area contributed by atoms with Crippen LogP contribution < -0.4 is 0 Å². The number of carbonyl (C=O) groups is 3. The first-order valence-electron chi connectivity index (χ1n) is 39.8. The third-order valence-corrected chi connectivity index (χ3v) is 17.6. The summed E-state index contributed by atoms with van der Waals surface area (Å²) in [6, 6.07) is 0. The predicted octanol–water partition coefficient (Wildman–Crippen LogP) is 25.4. The maximum absolute atomic E-state index is 13.0. The molecule has 0 spiro atoms. The first-order valence-corrected chi connectivity index (χ1v) is 39.8. The van der Waals surface area contributed by atoms with Gasteiger partial charge in [0.1, 0.15) is 13.2 Å². The molecule has 0 aromatic heterocycles. The number of carbonyl (C=O) groups excluding carboxylic acids is 2. The molecule has 1 N–H and O–H groups in total.